The van der Waals surface area contributed by atoms with Gasteiger partial charge in [0.1, 0.15) is 5.54 Å². The van der Waals surface area contributed by atoms with Gasteiger partial charge in [-0.3, -0.25) is 4.79 Å². The third-order valence-corrected chi connectivity index (χ3v) is 2.45. The van der Waals surface area contributed by atoms with Crippen molar-refractivity contribution in [3.05, 3.63) is 29.8 Å². The molecule has 0 aliphatic carbocycles. The van der Waals surface area contributed by atoms with Crippen LogP contribution in [0, 0.1) is 11.6 Å². The highest BCUT2D eigenvalue weighted by atomic mass is 19.2. The van der Waals surface area contributed by atoms with Crippen molar-refractivity contribution in [2.45, 2.75) is 18.9 Å². The molecule has 0 saturated heterocycles. The molecule has 0 aromatic heterocycles. The highest BCUT2D eigenvalue weighted by Gasteiger charge is 2.29. The highest BCUT2D eigenvalue weighted by Crippen LogP contribution is 2.20. The predicted molar refractivity (Wildman–Crippen MR) is 61.1 cm³/mol. The van der Waals surface area contributed by atoms with E-state index >= 15 is 0 Å². The number of hydrogen-bond acceptors (Lipinski definition) is 4. The van der Waals surface area contributed by atoms with Gasteiger partial charge in [-0.15, -0.1) is 0 Å². The Labute approximate surface area is 104 Å². The number of carbonyl (C=O) groups excluding carboxylic acids is 1. The Kier molecular flexibility index (Phi) is 4.61. The molecule has 0 amide bonds. The molecule has 2 N–H and O–H groups in total. The van der Waals surface area contributed by atoms with E-state index < -0.39 is 23.1 Å². The van der Waals surface area contributed by atoms with Crippen molar-refractivity contribution < 1.29 is 23.0 Å². The Balaban J connectivity index is 2.57. The molecule has 18 heavy (non-hydrogen) atoms. The Morgan fingerprint density at radius 2 is 2.11 bits per heavy atom. The van der Waals surface area contributed by atoms with E-state index in [1.165, 1.54) is 26.2 Å². The minimum Gasteiger partial charge on any atom is -0.490 e. The van der Waals surface area contributed by atoms with Crippen molar-refractivity contribution in [2.24, 2.45) is 5.73 Å². The molecule has 0 radical (unpaired) electrons. The standard InChI is InChI=1S/C12H15F2NO3/c1-12(15,11(16)17-2)6-7-18-9-5-3-4-8(13)10(9)14/h3-5H,6-7,15H2,1-2H3. The first kappa shape index (κ1) is 14.4. The van der Waals surface area contributed by atoms with Crippen molar-refractivity contribution in [1.29, 1.82) is 0 Å². The molecule has 1 rings (SSSR count). The van der Waals surface area contributed by atoms with E-state index in [0.717, 1.165) is 6.07 Å². The van der Waals surface area contributed by atoms with Crippen LogP contribution in [0.25, 0.3) is 0 Å². The van der Waals surface area contributed by atoms with Gasteiger partial charge in [-0.2, -0.15) is 4.39 Å². The molecule has 0 saturated carbocycles. The second-order valence-electron chi connectivity index (χ2n) is 4.06. The maximum atomic E-state index is 13.2. The van der Waals surface area contributed by atoms with E-state index in [4.69, 9.17) is 10.5 Å². The third kappa shape index (κ3) is 3.40. The molecule has 0 heterocycles. The average Bonchev–Trinajstić information content (AvgIpc) is 2.33. The van der Waals surface area contributed by atoms with Crippen LogP contribution >= 0.6 is 0 Å². The zero-order valence-corrected chi connectivity index (χ0v) is 10.2. The zero-order chi connectivity index (χ0) is 13.8. The monoisotopic (exact) mass is 259 g/mol. The van der Waals surface area contributed by atoms with Gasteiger partial charge in [0.25, 0.3) is 0 Å². The van der Waals surface area contributed by atoms with Gasteiger partial charge in [0.15, 0.2) is 11.6 Å². The Morgan fingerprint density at radius 3 is 2.72 bits per heavy atom. The normalized spacial score (nSPS) is 13.8. The summed E-state index contributed by atoms with van der Waals surface area (Å²) in [7, 11) is 1.22. The maximum Gasteiger partial charge on any atom is 0.325 e. The van der Waals surface area contributed by atoms with Gasteiger partial charge in [-0.1, -0.05) is 6.07 Å². The Morgan fingerprint density at radius 1 is 1.44 bits per heavy atom. The van der Waals surface area contributed by atoms with Crippen molar-refractivity contribution in [3.63, 3.8) is 0 Å². The molecule has 0 aliphatic rings. The van der Waals surface area contributed by atoms with Gasteiger partial charge < -0.3 is 15.2 Å². The summed E-state index contributed by atoms with van der Waals surface area (Å²) in [6.45, 7) is 1.45. The number of benzene rings is 1. The second kappa shape index (κ2) is 5.77. The summed E-state index contributed by atoms with van der Waals surface area (Å²) in [6, 6.07) is 3.61. The first-order valence-electron chi connectivity index (χ1n) is 5.32. The molecular formula is C12H15F2NO3. The summed E-state index contributed by atoms with van der Waals surface area (Å²) in [5.41, 5.74) is 4.46. The van der Waals surface area contributed by atoms with Crippen molar-refractivity contribution in [3.8, 4) is 5.75 Å². The number of methoxy groups -OCH3 is 1. The molecule has 1 atom stereocenters. The molecule has 100 valence electrons. The first-order valence-corrected chi connectivity index (χ1v) is 5.32. The van der Waals surface area contributed by atoms with Gasteiger partial charge in [-0.25, -0.2) is 4.39 Å². The molecule has 0 spiro atoms. The number of ether oxygens (including phenoxy) is 2. The quantitative estimate of drug-likeness (QED) is 0.816. The molecule has 0 aliphatic heterocycles. The van der Waals surface area contributed by atoms with Gasteiger partial charge in [0.2, 0.25) is 5.82 Å². The third-order valence-electron chi connectivity index (χ3n) is 2.45. The average molecular weight is 259 g/mol. The molecule has 1 aromatic rings. The smallest absolute Gasteiger partial charge is 0.325 e. The molecule has 0 bridgehead atoms. The van der Waals surface area contributed by atoms with E-state index in [2.05, 4.69) is 4.74 Å². The molecule has 6 heteroatoms. The predicted octanol–water partition coefficient (Wildman–Crippen LogP) is 1.62. The maximum absolute atomic E-state index is 13.2. The van der Waals surface area contributed by atoms with Crippen LogP contribution in [0.15, 0.2) is 18.2 Å². The van der Waals surface area contributed by atoms with Gasteiger partial charge in [0.05, 0.1) is 13.7 Å². The lowest BCUT2D eigenvalue weighted by molar-refractivity contribution is -0.146. The molecule has 1 aromatic carbocycles. The lowest BCUT2D eigenvalue weighted by Gasteiger charge is -2.21. The number of carbonyl (C=O) groups is 1. The fourth-order valence-electron chi connectivity index (χ4n) is 1.30. The van der Waals surface area contributed by atoms with Crippen LogP contribution in [0.3, 0.4) is 0 Å². The Bertz CT molecular complexity index is 435. The van der Waals surface area contributed by atoms with Crippen LogP contribution in [0.2, 0.25) is 0 Å². The SMILES string of the molecule is COC(=O)C(C)(N)CCOc1cccc(F)c1F. The summed E-state index contributed by atoms with van der Waals surface area (Å²) in [6.07, 6.45) is 0.121. The van der Waals surface area contributed by atoms with Crippen LogP contribution in [0.5, 0.6) is 5.75 Å². The molecule has 4 nitrogen and oxygen atoms in total. The molecular weight excluding hydrogens is 244 g/mol. The van der Waals surface area contributed by atoms with Crippen molar-refractivity contribution >= 4 is 5.97 Å². The minimum atomic E-state index is -1.22. The summed E-state index contributed by atoms with van der Waals surface area (Å²) in [4.78, 5) is 11.3. The number of esters is 1. The fourth-order valence-corrected chi connectivity index (χ4v) is 1.30. The van der Waals surface area contributed by atoms with Gasteiger partial charge >= 0.3 is 5.97 Å². The van der Waals surface area contributed by atoms with E-state index in [0.29, 0.717) is 0 Å². The summed E-state index contributed by atoms with van der Waals surface area (Å²) in [5.74, 6) is -2.85. The van der Waals surface area contributed by atoms with Gasteiger partial charge in [0, 0.05) is 6.42 Å². The van der Waals surface area contributed by atoms with Crippen LogP contribution < -0.4 is 10.5 Å². The van der Waals surface area contributed by atoms with Gasteiger partial charge in [-0.05, 0) is 19.1 Å². The lowest BCUT2D eigenvalue weighted by atomic mass is 10.0. The van der Waals surface area contributed by atoms with Crippen LogP contribution in [0.1, 0.15) is 13.3 Å². The summed E-state index contributed by atoms with van der Waals surface area (Å²) in [5, 5.41) is 0. The number of nitrogens with two attached hydrogens (primary N) is 1. The second-order valence-corrected chi connectivity index (χ2v) is 4.06. The fraction of sp³-hybridized carbons (Fsp3) is 0.417. The number of rotatable bonds is 5. The van der Waals surface area contributed by atoms with E-state index in [-0.39, 0.29) is 18.8 Å². The van der Waals surface area contributed by atoms with Crippen molar-refractivity contribution in [2.75, 3.05) is 13.7 Å². The lowest BCUT2D eigenvalue weighted by Crippen LogP contribution is -2.46. The largest absolute Gasteiger partial charge is 0.490 e. The molecule has 0 fully saturated rings. The minimum absolute atomic E-state index is 0.0253. The Hall–Kier alpha value is -1.69. The highest BCUT2D eigenvalue weighted by molar-refractivity contribution is 5.79. The number of hydrogen-bond donors (Lipinski definition) is 1. The summed E-state index contributed by atoms with van der Waals surface area (Å²) >= 11 is 0. The topological polar surface area (TPSA) is 61.5 Å². The van der Waals surface area contributed by atoms with E-state index in [1.54, 1.807) is 0 Å². The van der Waals surface area contributed by atoms with Crippen LogP contribution in [0.4, 0.5) is 8.78 Å². The van der Waals surface area contributed by atoms with E-state index in [1.807, 2.05) is 0 Å². The van der Waals surface area contributed by atoms with Crippen LogP contribution in [-0.2, 0) is 9.53 Å². The van der Waals surface area contributed by atoms with Crippen molar-refractivity contribution in [1.82, 2.24) is 0 Å². The first-order chi connectivity index (χ1) is 8.38. The van der Waals surface area contributed by atoms with E-state index in [9.17, 15) is 13.6 Å². The van der Waals surface area contributed by atoms with Crippen LogP contribution in [-0.4, -0.2) is 25.2 Å². The number of halogens is 2. The molecule has 1 unspecified atom stereocenters. The summed E-state index contributed by atoms with van der Waals surface area (Å²) < 4.78 is 35.6. The zero-order valence-electron chi connectivity index (χ0n) is 10.2.